The summed E-state index contributed by atoms with van der Waals surface area (Å²) in [5, 5.41) is 3.57. The number of urea groups is 1. The molecule has 7 heteroatoms. The second kappa shape index (κ2) is 3.53. The second-order valence-electron chi connectivity index (χ2n) is 2.34. The maximum absolute atomic E-state index is 10.9. The summed E-state index contributed by atoms with van der Waals surface area (Å²) in [7, 11) is 0. The van der Waals surface area contributed by atoms with Crippen LogP contribution in [0.2, 0.25) is 0 Å². The van der Waals surface area contributed by atoms with E-state index in [0.29, 0.717) is 0 Å². The minimum Gasteiger partial charge on any atom is -0.297 e. The van der Waals surface area contributed by atoms with Crippen molar-refractivity contribution in [1.82, 2.24) is 10.6 Å². The fourth-order valence-corrected chi connectivity index (χ4v) is 1.04. The van der Waals surface area contributed by atoms with Gasteiger partial charge in [0.2, 0.25) is 11.8 Å². The Morgan fingerprint density at radius 3 is 2.08 bits per heavy atom. The molecule has 0 saturated carbocycles. The molecule has 0 aromatic heterocycles. The van der Waals surface area contributed by atoms with Crippen LogP contribution in [-0.4, -0.2) is 29.5 Å². The molecule has 13 heavy (non-hydrogen) atoms. The molecule has 0 aromatic rings. The number of carbonyl (C=O) groups is 4. The smallest absolute Gasteiger partial charge is 0.297 e. The molecule has 6 nitrogen and oxygen atoms in total. The highest BCUT2D eigenvalue weighted by molar-refractivity contribution is 6.35. The van der Waals surface area contributed by atoms with Crippen molar-refractivity contribution in [3.63, 3.8) is 0 Å². The average Bonchev–Trinajstić information content (AvgIpc) is 2.02. The summed E-state index contributed by atoms with van der Waals surface area (Å²) in [6.07, 6.45) is 0. The number of imide groups is 2. The van der Waals surface area contributed by atoms with E-state index in [1.807, 2.05) is 0 Å². The van der Waals surface area contributed by atoms with Gasteiger partial charge in [0.05, 0.1) is 5.88 Å². The third-order valence-electron chi connectivity index (χ3n) is 1.45. The SMILES string of the molecule is O=C1NC(=O)C(C(=O)CCl)C(=O)N1. The molecule has 1 heterocycles. The molecule has 0 unspecified atom stereocenters. The number of hydrogen-bond donors (Lipinski definition) is 2. The minimum absolute atomic E-state index is 0.445. The normalized spacial score (nSPS) is 18.1. The van der Waals surface area contributed by atoms with Crippen molar-refractivity contribution >= 4 is 35.2 Å². The van der Waals surface area contributed by atoms with Gasteiger partial charge >= 0.3 is 6.03 Å². The van der Waals surface area contributed by atoms with Crippen LogP contribution in [0.5, 0.6) is 0 Å². The van der Waals surface area contributed by atoms with Gasteiger partial charge in [-0.05, 0) is 0 Å². The summed E-state index contributed by atoms with van der Waals surface area (Å²) in [4.78, 5) is 43.3. The number of hydrogen-bond acceptors (Lipinski definition) is 4. The zero-order chi connectivity index (χ0) is 10.0. The van der Waals surface area contributed by atoms with Crippen molar-refractivity contribution in [2.45, 2.75) is 0 Å². The van der Waals surface area contributed by atoms with Crippen molar-refractivity contribution in [3.05, 3.63) is 0 Å². The fourth-order valence-electron chi connectivity index (χ4n) is 0.888. The van der Waals surface area contributed by atoms with E-state index in [0.717, 1.165) is 0 Å². The fraction of sp³-hybridized carbons (Fsp3) is 0.333. The van der Waals surface area contributed by atoms with Gasteiger partial charge in [0.1, 0.15) is 0 Å². The van der Waals surface area contributed by atoms with Crippen molar-refractivity contribution in [3.8, 4) is 0 Å². The van der Waals surface area contributed by atoms with Gasteiger partial charge in [-0.25, -0.2) is 4.79 Å². The average molecular weight is 205 g/mol. The lowest BCUT2D eigenvalue weighted by atomic mass is 10.0. The predicted molar refractivity (Wildman–Crippen MR) is 40.9 cm³/mol. The third kappa shape index (κ3) is 1.83. The van der Waals surface area contributed by atoms with Crippen molar-refractivity contribution < 1.29 is 19.2 Å². The Morgan fingerprint density at radius 1 is 1.23 bits per heavy atom. The topological polar surface area (TPSA) is 92.3 Å². The van der Waals surface area contributed by atoms with E-state index in [2.05, 4.69) is 0 Å². The molecule has 1 fully saturated rings. The zero-order valence-electron chi connectivity index (χ0n) is 6.30. The van der Waals surface area contributed by atoms with Crippen LogP contribution in [0, 0.1) is 5.92 Å². The summed E-state index contributed by atoms with van der Waals surface area (Å²) in [5.74, 6) is -4.54. The lowest BCUT2D eigenvalue weighted by Crippen LogP contribution is -2.58. The van der Waals surface area contributed by atoms with E-state index < -0.39 is 35.4 Å². The van der Waals surface area contributed by atoms with Crippen LogP contribution in [0.25, 0.3) is 0 Å². The summed E-state index contributed by atoms with van der Waals surface area (Å²) in [5.41, 5.74) is 0. The van der Waals surface area contributed by atoms with E-state index >= 15 is 0 Å². The maximum Gasteiger partial charge on any atom is 0.328 e. The van der Waals surface area contributed by atoms with E-state index in [-0.39, 0.29) is 0 Å². The Bertz CT molecular complexity index is 281. The third-order valence-corrected chi connectivity index (χ3v) is 1.71. The number of rotatable bonds is 2. The number of Topliss-reactive ketones (excluding diaryl/α,β-unsaturated/α-hetero) is 1. The lowest BCUT2D eigenvalue weighted by molar-refractivity contribution is -0.141. The Hall–Kier alpha value is -1.43. The van der Waals surface area contributed by atoms with Crippen LogP contribution in [0.4, 0.5) is 4.79 Å². The van der Waals surface area contributed by atoms with Crippen LogP contribution >= 0.6 is 11.6 Å². The lowest BCUT2D eigenvalue weighted by Gasteiger charge is -2.18. The summed E-state index contributed by atoms with van der Waals surface area (Å²) >= 11 is 5.16. The van der Waals surface area contributed by atoms with Crippen LogP contribution in [-0.2, 0) is 14.4 Å². The molecule has 2 N–H and O–H groups in total. The summed E-state index contributed by atoms with van der Waals surface area (Å²) in [6, 6.07) is -0.923. The maximum atomic E-state index is 10.9. The first kappa shape index (κ1) is 9.66. The van der Waals surface area contributed by atoms with Gasteiger partial charge in [-0.1, -0.05) is 0 Å². The van der Waals surface area contributed by atoms with Gasteiger partial charge in [-0.3, -0.25) is 25.0 Å². The van der Waals surface area contributed by atoms with Gasteiger partial charge in [0.25, 0.3) is 0 Å². The number of amides is 4. The number of alkyl halides is 1. The molecule has 0 aromatic carbocycles. The van der Waals surface area contributed by atoms with E-state index in [1.54, 1.807) is 10.6 Å². The highest BCUT2D eigenvalue weighted by atomic mass is 35.5. The quantitative estimate of drug-likeness (QED) is 0.436. The van der Waals surface area contributed by atoms with Crippen molar-refractivity contribution in [1.29, 1.82) is 0 Å². The van der Waals surface area contributed by atoms with Gasteiger partial charge in [-0.15, -0.1) is 11.6 Å². The predicted octanol–water partition coefficient (Wildman–Crippen LogP) is -1.22. The first-order valence-corrected chi connectivity index (χ1v) is 3.84. The molecule has 1 aliphatic rings. The number of ketones is 1. The summed E-state index contributed by atoms with van der Waals surface area (Å²) in [6.45, 7) is 0. The molecule has 0 aliphatic carbocycles. The molecule has 70 valence electrons. The van der Waals surface area contributed by atoms with Crippen LogP contribution < -0.4 is 10.6 Å². The van der Waals surface area contributed by atoms with E-state index in [9.17, 15) is 19.2 Å². The van der Waals surface area contributed by atoms with Gasteiger partial charge in [-0.2, -0.15) is 0 Å². The molecule has 0 atom stereocenters. The Kier molecular flexibility index (Phi) is 2.62. The monoisotopic (exact) mass is 204 g/mol. The highest BCUT2D eigenvalue weighted by Crippen LogP contribution is 2.04. The number of nitrogens with one attached hydrogen (secondary N) is 2. The molecule has 0 bridgehead atoms. The molecule has 4 amide bonds. The molecule has 1 saturated heterocycles. The zero-order valence-corrected chi connectivity index (χ0v) is 7.05. The molecule has 0 radical (unpaired) electrons. The van der Waals surface area contributed by atoms with Gasteiger partial charge in [0.15, 0.2) is 11.7 Å². The van der Waals surface area contributed by atoms with Gasteiger partial charge < -0.3 is 0 Å². The highest BCUT2D eigenvalue weighted by Gasteiger charge is 2.38. The van der Waals surface area contributed by atoms with Crippen LogP contribution in [0.3, 0.4) is 0 Å². The molecular formula is C6H5ClN2O4. The number of halogens is 1. The first-order chi connectivity index (χ1) is 6.06. The van der Waals surface area contributed by atoms with Gasteiger partial charge in [0, 0.05) is 0 Å². The molecule has 1 aliphatic heterocycles. The van der Waals surface area contributed by atoms with Crippen molar-refractivity contribution in [2.75, 3.05) is 5.88 Å². The van der Waals surface area contributed by atoms with E-state index in [4.69, 9.17) is 11.6 Å². The Balaban J connectivity index is 2.85. The largest absolute Gasteiger partial charge is 0.328 e. The standard InChI is InChI=1S/C6H5ClN2O4/c7-1-2(10)3-4(11)8-6(13)9-5(3)12/h3H,1H2,(H2,8,9,11,12,13). The molecule has 0 spiro atoms. The van der Waals surface area contributed by atoms with Crippen molar-refractivity contribution in [2.24, 2.45) is 5.92 Å². The number of carbonyl (C=O) groups excluding carboxylic acids is 4. The minimum atomic E-state index is -1.50. The van der Waals surface area contributed by atoms with Crippen LogP contribution in [0.1, 0.15) is 0 Å². The van der Waals surface area contributed by atoms with Crippen LogP contribution in [0.15, 0.2) is 0 Å². The first-order valence-electron chi connectivity index (χ1n) is 3.30. The van der Waals surface area contributed by atoms with E-state index in [1.165, 1.54) is 0 Å². The summed E-state index contributed by atoms with van der Waals surface area (Å²) < 4.78 is 0. The Labute approximate surface area is 77.6 Å². The second-order valence-corrected chi connectivity index (χ2v) is 2.61. The number of barbiturate groups is 1. The Morgan fingerprint density at radius 2 is 1.69 bits per heavy atom. The molecular weight excluding hydrogens is 200 g/mol. The molecule has 1 rings (SSSR count).